The first-order chi connectivity index (χ1) is 9.62. The van der Waals surface area contributed by atoms with E-state index in [0.29, 0.717) is 12.2 Å². The van der Waals surface area contributed by atoms with E-state index in [4.69, 9.17) is 4.74 Å². The second kappa shape index (κ2) is 5.44. The Kier molecular flexibility index (Phi) is 3.80. The van der Waals surface area contributed by atoms with Gasteiger partial charge in [0.05, 0.1) is 12.4 Å². The van der Waals surface area contributed by atoms with Gasteiger partial charge < -0.3 is 4.74 Å². The van der Waals surface area contributed by atoms with Crippen LogP contribution in [0.25, 0.3) is 0 Å². The molecule has 0 amide bonds. The lowest BCUT2D eigenvalue weighted by molar-refractivity contribution is -0.119. The zero-order chi connectivity index (χ0) is 14.2. The van der Waals surface area contributed by atoms with Gasteiger partial charge in [0.1, 0.15) is 11.5 Å². The van der Waals surface area contributed by atoms with Gasteiger partial charge in [0.15, 0.2) is 0 Å². The summed E-state index contributed by atoms with van der Waals surface area (Å²) in [5.74, 6) is 2.47. The molecule has 2 atom stereocenters. The smallest absolute Gasteiger partial charge is 0.147 e. The summed E-state index contributed by atoms with van der Waals surface area (Å²) >= 11 is 1.86. The first kappa shape index (κ1) is 14.0. The minimum atomic E-state index is -0.0133. The number of thioether (sulfide) groups is 1. The van der Waals surface area contributed by atoms with E-state index < -0.39 is 0 Å². The largest absolute Gasteiger partial charge is 0.497 e. The number of carbonyl (C=O) groups is 1. The van der Waals surface area contributed by atoms with Crippen LogP contribution in [-0.2, 0) is 16.6 Å². The van der Waals surface area contributed by atoms with Crippen molar-refractivity contribution in [2.45, 2.75) is 49.7 Å². The Balaban J connectivity index is 2.12. The number of ether oxygens (including phenoxy) is 1. The standard InChI is InChI=1S/C17H22O2S/c1-17-7-3-4-8-20-16(15(18)11-17)9-12-5-6-13(19-2)10-14(12)17/h5-6,10,16H,3-4,7-9,11H2,1-2H3. The van der Waals surface area contributed by atoms with Gasteiger partial charge in [-0.05, 0) is 53.7 Å². The fourth-order valence-electron chi connectivity index (χ4n) is 3.55. The molecule has 1 aliphatic carbocycles. The molecule has 2 unspecified atom stereocenters. The Morgan fingerprint density at radius 1 is 1.35 bits per heavy atom. The van der Waals surface area contributed by atoms with Crippen LogP contribution < -0.4 is 4.74 Å². The second-order valence-corrected chi connectivity index (χ2v) is 7.56. The van der Waals surface area contributed by atoms with Gasteiger partial charge in [-0.1, -0.05) is 19.4 Å². The monoisotopic (exact) mass is 290 g/mol. The van der Waals surface area contributed by atoms with Gasteiger partial charge in [-0.2, -0.15) is 11.8 Å². The van der Waals surface area contributed by atoms with Crippen LogP contribution in [0.5, 0.6) is 5.75 Å². The highest BCUT2D eigenvalue weighted by Gasteiger charge is 2.38. The highest BCUT2D eigenvalue weighted by molar-refractivity contribution is 8.00. The Hall–Kier alpha value is -0.960. The second-order valence-electron chi connectivity index (χ2n) is 6.25. The highest BCUT2D eigenvalue weighted by atomic mass is 32.2. The first-order valence-corrected chi connectivity index (χ1v) is 8.49. The quantitative estimate of drug-likeness (QED) is 0.788. The van der Waals surface area contributed by atoms with Crippen LogP contribution in [0.1, 0.15) is 43.7 Å². The third-order valence-electron chi connectivity index (χ3n) is 4.74. The van der Waals surface area contributed by atoms with Crippen molar-refractivity contribution < 1.29 is 9.53 Å². The molecular weight excluding hydrogens is 268 g/mol. The van der Waals surface area contributed by atoms with Crippen LogP contribution >= 0.6 is 11.8 Å². The van der Waals surface area contributed by atoms with Crippen LogP contribution in [0.2, 0.25) is 0 Å². The zero-order valence-electron chi connectivity index (χ0n) is 12.3. The Bertz CT molecular complexity index is 526. The molecule has 0 aromatic heterocycles. The van der Waals surface area contributed by atoms with E-state index in [1.165, 1.54) is 24.0 Å². The van der Waals surface area contributed by atoms with Crippen molar-refractivity contribution >= 4 is 17.5 Å². The first-order valence-electron chi connectivity index (χ1n) is 7.44. The molecular formula is C17H22O2S. The fraction of sp³-hybridized carbons (Fsp3) is 0.588. The van der Waals surface area contributed by atoms with E-state index >= 15 is 0 Å². The molecule has 1 aromatic carbocycles. The summed E-state index contributed by atoms with van der Waals surface area (Å²) in [4.78, 5) is 12.6. The molecule has 2 nitrogen and oxygen atoms in total. The van der Waals surface area contributed by atoms with E-state index in [2.05, 4.69) is 19.1 Å². The number of benzene rings is 1. The fourth-order valence-corrected chi connectivity index (χ4v) is 4.77. The van der Waals surface area contributed by atoms with E-state index in [-0.39, 0.29) is 10.7 Å². The van der Waals surface area contributed by atoms with E-state index in [1.807, 2.05) is 17.8 Å². The average Bonchev–Trinajstić information content (AvgIpc) is 2.49. The van der Waals surface area contributed by atoms with E-state index in [9.17, 15) is 4.79 Å². The number of ketones is 1. The van der Waals surface area contributed by atoms with Crippen LogP contribution in [0.3, 0.4) is 0 Å². The Morgan fingerprint density at radius 3 is 3.00 bits per heavy atom. The van der Waals surface area contributed by atoms with Crippen molar-refractivity contribution in [1.29, 1.82) is 0 Å². The van der Waals surface area contributed by atoms with Crippen LogP contribution in [0, 0.1) is 0 Å². The lowest BCUT2D eigenvalue weighted by Crippen LogP contribution is -2.27. The maximum atomic E-state index is 12.6. The molecule has 1 heterocycles. The van der Waals surface area contributed by atoms with Crippen molar-refractivity contribution in [3.63, 3.8) is 0 Å². The maximum absolute atomic E-state index is 12.6. The van der Waals surface area contributed by atoms with Gasteiger partial charge in [-0.3, -0.25) is 4.79 Å². The van der Waals surface area contributed by atoms with Crippen LogP contribution in [0.4, 0.5) is 0 Å². The molecule has 0 radical (unpaired) electrons. The van der Waals surface area contributed by atoms with Crippen molar-refractivity contribution in [3.05, 3.63) is 29.3 Å². The third kappa shape index (κ3) is 2.48. The summed E-state index contributed by atoms with van der Waals surface area (Å²) in [5.41, 5.74) is 2.68. The normalized spacial score (nSPS) is 29.9. The third-order valence-corrected chi connectivity index (χ3v) is 6.09. The minimum Gasteiger partial charge on any atom is -0.497 e. The average molecular weight is 290 g/mol. The number of rotatable bonds is 1. The minimum absolute atomic E-state index is 0.0133. The molecule has 3 heteroatoms. The summed E-state index contributed by atoms with van der Waals surface area (Å²) in [6.45, 7) is 2.27. The highest BCUT2D eigenvalue weighted by Crippen LogP contribution is 2.43. The van der Waals surface area contributed by atoms with Crippen LogP contribution in [-0.4, -0.2) is 23.9 Å². The lowest BCUT2D eigenvalue weighted by Gasteiger charge is -2.30. The molecule has 0 saturated carbocycles. The van der Waals surface area contributed by atoms with Crippen molar-refractivity contribution in [3.8, 4) is 5.75 Å². The van der Waals surface area contributed by atoms with Crippen molar-refractivity contribution in [2.75, 3.05) is 12.9 Å². The summed E-state index contributed by atoms with van der Waals surface area (Å²) < 4.78 is 5.40. The summed E-state index contributed by atoms with van der Waals surface area (Å²) in [5, 5.41) is 0.155. The molecule has 20 heavy (non-hydrogen) atoms. The van der Waals surface area contributed by atoms with Gasteiger partial charge >= 0.3 is 0 Å². The molecule has 1 aromatic rings. The number of carbonyl (C=O) groups excluding carboxylic acids is 1. The van der Waals surface area contributed by atoms with Crippen molar-refractivity contribution in [1.82, 2.24) is 0 Å². The summed E-state index contributed by atoms with van der Waals surface area (Å²) in [6.07, 6.45) is 5.11. The van der Waals surface area contributed by atoms with E-state index in [1.54, 1.807) is 7.11 Å². The summed E-state index contributed by atoms with van der Waals surface area (Å²) in [6, 6.07) is 6.36. The zero-order valence-corrected chi connectivity index (χ0v) is 13.1. The van der Waals surface area contributed by atoms with Gasteiger partial charge in [0.25, 0.3) is 0 Å². The predicted octanol–water partition coefficient (Wildman–Crippen LogP) is 3.75. The number of hydrogen-bond donors (Lipinski definition) is 0. The number of methoxy groups -OCH3 is 1. The molecule has 2 bridgehead atoms. The molecule has 0 spiro atoms. The molecule has 1 aliphatic heterocycles. The van der Waals surface area contributed by atoms with Crippen LogP contribution in [0.15, 0.2) is 18.2 Å². The predicted molar refractivity (Wildman–Crippen MR) is 83.8 cm³/mol. The maximum Gasteiger partial charge on any atom is 0.147 e. The molecule has 1 saturated heterocycles. The molecule has 108 valence electrons. The molecule has 0 N–H and O–H groups in total. The number of hydrogen-bond acceptors (Lipinski definition) is 3. The Labute approximate surface area is 125 Å². The molecule has 3 rings (SSSR count). The molecule has 2 aliphatic rings. The van der Waals surface area contributed by atoms with Gasteiger partial charge in [0, 0.05) is 6.42 Å². The Morgan fingerprint density at radius 2 is 2.20 bits per heavy atom. The summed E-state index contributed by atoms with van der Waals surface area (Å²) in [7, 11) is 1.71. The van der Waals surface area contributed by atoms with Gasteiger partial charge in [-0.15, -0.1) is 0 Å². The lowest BCUT2D eigenvalue weighted by atomic mass is 9.74. The topological polar surface area (TPSA) is 26.3 Å². The number of fused-ring (bicyclic) bond motifs is 5. The van der Waals surface area contributed by atoms with Gasteiger partial charge in [-0.25, -0.2) is 0 Å². The van der Waals surface area contributed by atoms with Crippen molar-refractivity contribution in [2.24, 2.45) is 0 Å². The van der Waals surface area contributed by atoms with E-state index in [0.717, 1.165) is 24.3 Å². The SMILES string of the molecule is COc1ccc2c(c1)C1(C)CCCCSC(C2)C(=O)C1. The van der Waals surface area contributed by atoms with Gasteiger partial charge in [0.2, 0.25) is 0 Å². The number of Topliss-reactive ketones (excluding diaryl/α,β-unsaturated/α-hetero) is 1. The molecule has 1 fully saturated rings.